The molecule has 0 aliphatic carbocycles. The Morgan fingerprint density at radius 1 is 0.625 bits per heavy atom. The van der Waals surface area contributed by atoms with Crippen molar-refractivity contribution in [1.82, 2.24) is 0 Å². The fourth-order valence-corrected chi connectivity index (χ4v) is 4.21. The highest BCUT2D eigenvalue weighted by molar-refractivity contribution is 5.54. The van der Waals surface area contributed by atoms with E-state index < -0.39 is 0 Å². The van der Waals surface area contributed by atoms with Crippen molar-refractivity contribution < 1.29 is 45.4 Å². The Labute approximate surface area is 170 Å². The van der Waals surface area contributed by atoms with Crippen LogP contribution in [0.15, 0.2) is 0 Å². The minimum atomic E-state index is 0. The van der Waals surface area contributed by atoms with E-state index in [1.807, 2.05) is 0 Å². The van der Waals surface area contributed by atoms with Crippen molar-refractivity contribution in [2.24, 2.45) is 0 Å². The first-order valence-corrected chi connectivity index (χ1v) is 9.32. The van der Waals surface area contributed by atoms with Crippen LogP contribution >= 0.6 is 0 Å². The molecule has 6 N–H and O–H groups in total. The lowest BCUT2D eigenvalue weighted by Gasteiger charge is -2.32. The van der Waals surface area contributed by atoms with Gasteiger partial charge in [-0.1, -0.05) is 41.5 Å². The summed E-state index contributed by atoms with van der Waals surface area (Å²) >= 11 is 0. The van der Waals surface area contributed by atoms with Crippen molar-refractivity contribution in [3.8, 4) is 0 Å². The van der Waals surface area contributed by atoms with Crippen LogP contribution in [-0.2, 0) is 37.8 Å². The van der Waals surface area contributed by atoms with E-state index >= 15 is 0 Å². The summed E-state index contributed by atoms with van der Waals surface area (Å²) in [5.74, 6) is 0. The molecule has 0 aliphatic heterocycles. The molecule has 1 rings (SSSR count). The number of benzene rings is 1. The Hall–Kier alpha value is 0.1000. The van der Waals surface area contributed by atoms with E-state index in [9.17, 15) is 0 Å². The van der Waals surface area contributed by atoms with Gasteiger partial charge >= 0.3 is 0 Å². The molecule has 4 heteroatoms. The predicted molar refractivity (Wildman–Crippen MR) is 95.7 cm³/mol. The SMILES string of the molecule is CCc1c(CC)c(CC)c(C([NH3+])(CC)CC)c(CC)c1C[NH3+].[Br-].[Br-]. The molecule has 0 saturated carbocycles. The summed E-state index contributed by atoms with van der Waals surface area (Å²) in [6, 6.07) is 0. The van der Waals surface area contributed by atoms with Crippen LogP contribution in [0.25, 0.3) is 0 Å². The lowest BCUT2D eigenvalue weighted by Crippen LogP contribution is -3.00. The van der Waals surface area contributed by atoms with Crippen molar-refractivity contribution >= 4 is 0 Å². The van der Waals surface area contributed by atoms with Crippen LogP contribution in [0.3, 0.4) is 0 Å². The largest absolute Gasteiger partial charge is 1.00 e. The molecular weight excluding hydrogens is 428 g/mol. The molecule has 0 radical (unpaired) electrons. The normalized spacial score (nSPS) is 11.0. The molecule has 0 bridgehead atoms. The smallest absolute Gasteiger partial charge is 0.120 e. The molecule has 142 valence electrons. The maximum atomic E-state index is 4.68. The molecule has 2 nitrogen and oxygen atoms in total. The number of hydrogen-bond acceptors (Lipinski definition) is 0. The van der Waals surface area contributed by atoms with Gasteiger partial charge in [0.05, 0.1) is 0 Å². The molecule has 0 saturated heterocycles. The Kier molecular flexibility index (Phi) is 12.8. The van der Waals surface area contributed by atoms with E-state index in [1.165, 1.54) is 5.56 Å². The average Bonchev–Trinajstić information content (AvgIpc) is 2.57. The topological polar surface area (TPSA) is 55.3 Å². The van der Waals surface area contributed by atoms with Gasteiger partial charge in [0.2, 0.25) is 0 Å². The number of hydrogen-bond donors (Lipinski definition) is 2. The van der Waals surface area contributed by atoms with E-state index in [-0.39, 0.29) is 39.5 Å². The lowest BCUT2D eigenvalue weighted by molar-refractivity contribution is -0.490. The van der Waals surface area contributed by atoms with Gasteiger partial charge in [-0.05, 0) is 47.9 Å². The minimum absolute atomic E-state index is 0. The summed E-state index contributed by atoms with van der Waals surface area (Å²) in [5, 5.41) is 0. The Morgan fingerprint density at radius 2 is 0.958 bits per heavy atom. The van der Waals surface area contributed by atoms with Crippen LogP contribution in [0.5, 0.6) is 0 Å². The maximum absolute atomic E-state index is 4.68. The highest BCUT2D eigenvalue weighted by Gasteiger charge is 2.35. The first kappa shape index (κ1) is 26.3. The van der Waals surface area contributed by atoms with Crippen molar-refractivity contribution in [1.29, 1.82) is 0 Å². The summed E-state index contributed by atoms with van der Waals surface area (Å²) in [6.45, 7) is 14.7. The quantitative estimate of drug-likeness (QED) is 0.409. The van der Waals surface area contributed by atoms with Gasteiger partial charge in [-0.3, -0.25) is 0 Å². The highest BCUT2D eigenvalue weighted by Crippen LogP contribution is 2.37. The third-order valence-electron chi connectivity index (χ3n) is 5.61. The molecular formula is C20H38Br2N2. The van der Waals surface area contributed by atoms with Crippen LogP contribution in [-0.4, -0.2) is 0 Å². The number of rotatable bonds is 8. The summed E-state index contributed by atoms with van der Waals surface area (Å²) in [6.07, 6.45) is 6.68. The van der Waals surface area contributed by atoms with E-state index in [2.05, 4.69) is 53.0 Å². The molecule has 0 atom stereocenters. The zero-order valence-corrected chi connectivity index (χ0v) is 19.8. The van der Waals surface area contributed by atoms with Gasteiger partial charge in [-0.25, -0.2) is 0 Å². The van der Waals surface area contributed by atoms with Crippen LogP contribution in [0, 0.1) is 0 Å². The van der Waals surface area contributed by atoms with Gasteiger partial charge in [0.15, 0.2) is 0 Å². The van der Waals surface area contributed by atoms with Gasteiger partial charge in [-0.15, -0.1) is 0 Å². The zero-order valence-electron chi connectivity index (χ0n) is 16.6. The predicted octanol–water partition coefficient (Wildman–Crippen LogP) is -3.06. The maximum Gasteiger partial charge on any atom is 0.120 e. The molecule has 0 unspecified atom stereocenters. The molecule has 0 fully saturated rings. The minimum Gasteiger partial charge on any atom is -1.00 e. The first-order valence-electron chi connectivity index (χ1n) is 9.32. The van der Waals surface area contributed by atoms with Crippen LogP contribution in [0.1, 0.15) is 87.8 Å². The summed E-state index contributed by atoms with van der Waals surface area (Å²) < 4.78 is 0. The second-order valence-electron chi connectivity index (χ2n) is 6.42. The molecule has 0 aromatic heterocycles. The lowest BCUT2D eigenvalue weighted by atomic mass is 9.73. The van der Waals surface area contributed by atoms with Crippen molar-refractivity contribution in [3.63, 3.8) is 0 Å². The van der Waals surface area contributed by atoms with Gasteiger partial charge in [0.25, 0.3) is 0 Å². The van der Waals surface area contributed by atoms with Gasteiger partial charge in [0, 0.05) is 24.0 Å². The van der Waals surface area contributed by atoms with E-state index in [4.69, 9.17) is 0 Å². The average molecular weight is 466 g/mol. The van der Waals surface area contributed by atoms with Crippen LogP contribution in [0.4, 0.5) is 0 Å². The van der Waals surface area contributed by atoms with E-state index in [0.29, 0.717) is 0 Å². The first-order chi connectivity index (χ1) is 10.5. The highest BCUT2D eigenvalue weighted by atomic mass is 79.9. The standard InChI is InChI=1S/C20H36N2.2BrH/c1-7-14-15(8-2)18(13-21)17(10-4)19(16(14)9-3)20(22,11-5)12-6;;/h7-13,21-22H2,1-6H3;2*1H. The Balaban J connectivity index is 0. The molecule has 24 heavy (non-hydrogen) atoms. The van der Waals surface area contributed by atoms with Crippen LogP contribution < -0.4 is 45.4 Å². The monoisotopic (exact) mass is 464 g/mol. The number of halogens is 2. The molecule has 0 heterocycles. The summed E-state index contributed by atoms with van der Waals surface area (Å²) in [4.78, 5) is 0. The molecule has 0 spiro atoms. The molecule has 1 aromatic carbocycles. The molecule has 0 aliphatic rings. The van der Waals surface area contributed by atoms with Gasteiger partial charge < -0.3 is 45.4 Å². The zero-order chi connectivity index (χ0) is 16.9. The van der Waals surface area contributed by atoms with Crippen molar-refractivity contribution in [3.05, 3.63) is 33.4 Å². The Morgan fingerprint density at radius 3 is 1.25 bits per heavy atom. The van der Waals surface area contributed by atoms with Crippen molar-refractivity contribution in [2.45, 2.75) is 92.2 Å². The summed E-state index contributed by atoms with van der Waals surface area (Å²) in [7, 11) is 0. The second kappa shape index (κ2) is 11.7. The fraction of sp³-hybridized carbons (Fsp3) is 0.700. The third-order valence-corrected chi connectivity index (χ3v) is 5.61. The molecule has 0 amide bonds. The van der Waals surface area contributed by atoms with Crippen molar-refractivity contribution in [2.75, 3.05) is 0 Å². The fourth-order valence-electron chi connectivity index (χ4n) is 4.21. The van der Waals surface area contributed by atoms with Crippen LogP contribution in [0.2, 0.25) is 0 Å². The second-order valence-corrected chi connectivity index (χ2v) is 6.42. The summed E-state index contributed by atoms with van der Waals surface area (Å²) in [5.41, 5.74) is 18.4. The third kappa shape index (κ3) is 4.63. The number of quaternary nitrogens is 2. The molecule has 1 aromatic rings. The van der Waals surface area contributed by atoms with Gasteiger partial charge in [-0.2, -0.15) is 0 Å². The van der Waals surface area contributed by atoms with Gasteiger partial charge in [0.1, 0.15) is 12.1 Å². The van der Waals surface area contributed by atoms with E-state index in [0.717, 1.165) is 45.1 Å². The van der Waals surface area contributed by atoms with E-state index in [1.54, 1.807) is 27.8 Å². The Bertz CT molecular complexity index is 476.